The quantitative estimate of drug-likeness (QED) is 0.684. The first-order chi connectivity index (χ1) is 10.7. The van der Waals surface area contributed by atoms with Gasteiger partial charge in [-0.15, -0.1) is 10.2 Å². The zero-order valence-corrected chi connectivity index (χ0v) is 13.0. The summed E-state index contributed by atoms with van der Waals surface area (Å²) in [5.41, 5.74) is 1.88. The molecule has 3 aromatic heterocycles. The molecule has 0 atom stereocenters. The lowest BCUT2D eigenvalue weighted by Gasteiger charge is -2.03. The predicted molar refractivity (Wildman–Crippen MR) is 83.6 cm³/mol. The van der Waals surface area contributed by atoms with Crippen LogP contribution in [0.2, 0.25) is 0 Å². The zero-order valence-electron chi connectivity index (χ0n) is 12.1. The maximum Gasteiger partial charge on any atom is 0.230 e. The van der Waals surface area contributed by atoms with Crippen LogP contribution in [-0.4, -0.2) is 42.4 Å². The average molecular weight is 316 g/mol. The number of hydrogen-bond acceptors (Lipinski definition) is 5. The van der Waals surface area contributed by atoms with Crippen molar-refractivity contribution in [3.05, 3.63) is 42.6 Å². The minimum atomic E-state index is -0.0169. The Balaban J connectivity index is 1.44. The number of nitrogens with one attached hydrogen (secondary N) is 1. The highest BCUT2D eigenvalue weighted by Gasteiger charge is 2.07. The SMILES string of the molecule is Cn1cnnc1SCC(=O)NCCc1cn2ccccc2n1. The van der Waals surface area contributed by atoms with Crippen molar-refractivity contribution in [1.29, 1.82) is 0 Å². The molecule has 0 saturated heterocycles. The first-order valence-corrected chi connectivity index (χ1v) is 7.87. The summed E-state index contributed by atoms with van der Waals surface area (Å²) >= 11 is 1.37. The second kappa shape index (κ2) is 6.61. The van der Waals surface area contributed by atoms with Crippen LogP contribution in [0.5, 0.6) is 0 Å². The van der Waals surface area contributed by atoms with Gasteiger partial charge in [0.2, 0.25) is 5.91 Å². The van der Waals surface area contributed by atoms with Crippen LogP contribution in [0, 0.1) is 0 Å². The molecule has 0 aliphatic carbocycles. The molecule has 7 nitrogen and oxygen atoms in total. The Hall–Kier alpha value is -2.35. The van der Waals surface area contributed by atoms with Crippen molar-refractivity contribution in [1.82, 2.24) is 29.5 Å². The minimum Gasteiger partial charge on any atom is -0.355 e. The van der Waals surface area contributed by atoms with E-state index in [-0.39, 0.29) is 5.91 Å². The van der Waals surface area contributed by atoms with E-state index in [2.05, 4.69) is 20.5 Å². The van der Waals surface area contributed by atoms with E-state index in [9.17, 15) is 4.79 Å². The van der Waals surface area contributed by atoms with E-state index in [0.717, 1.165) is 16.5 Å². The van der Waals surface area contributed by atoms with E-state index in [4.69, 9.17) is 0 Å². The molecule has 22 heavy (non-hydrogen) atoms. The van der Waals surface area contributed by atoms with Crippen LogP contribution in [0.15, 0.2) is 42.1 Å². The van der Waals surface area contributed by atoms with Gasteiger partial charge in [-0.3, -0.25) is 4.79 Å². The lowest BCUT2D eigenvalue weighted by atomic mass is 10.3. The average Bonchev–Trinajstić information content (AvgIpc) is 3.10. The Kier molecular flexibility index (Phi) is 4.38. The summed E-state index contributed by atoms with van der Waals surface area (Å²) in [5, 5.41) is 11.3. The molecule has 0 bridgehead atoms. The van der Waals surface area contributed by atoms with Gasteiger partial charge in [-0.1, -0.05) is 17.8 Å². The van der Waals surface area contributed by atoms with Gasteiger partial charge in [-0.2, -0.15) is 0 Å². The molecule has 0 aliphatic heterocycles. The fourth-order valence-corrected chi connectivity index (χ4v) is 2.74. The van der Waals surface area contributed by atoms with Crippen molar-refractivity contribution in [2.45, 2.75) is 11.6 Å². The molecule has 1 N–H and O–H groups in total. The number of thioether (sulfide) groups is 1. The highest BCUT2D eigenvalue weighted by molar-refractivity contribution is 7.99. The van der Waals surface area contributed by atoms with Gasteiger partial charge < -0.3 is 14.3 Å². The third kappa shape index (κ3) is 3.45. The van der Waals surface area contributed by atoms with Crippen molar-refractivity contribution < 1.29 is 4.79 Å². The van der Waals surface area contributed by atoms with Gasteiger partial charge in [0.1, 0.15) is 12.0 Å². The molecule has 0 aromatic carbocycles. The van der Waals surface area contributed by atoms with Crippen LogP contribution in [0.4, 0.5) is 0 Å². The molecule has 0 spiro atoms. The van der Waals surface area contributed by atoms with Crippen LogP contribution in [0.3, 0.4) is 0 Å². The van der Waals surface area contributed by atoms with Crippen molar-refractivity contribution in [2.24, 2.45) is 7.05 Å². The second-order valence-electron chi connectivity index (χ2n) is 4.81. The fraction of sp³-hybridized carbons (Fsp3) is 0.286. The molecule has 0 unspecified atom stereocenters. The van der Waals surface area contributed by atoms with Crippen molar-refractivity contribution in [3.8, 4) is 0 Å². The van der Waals surface area contributed by atoms with Gasteiger partial charge in [-0.05, 0) is 12.1 Å². The summed E-state index contributed by atoms with van der Waals surface area (Å²) in [6.07, 6.45) is 6.27. The Morgan fingerprint density at radius 1 is 1.41 bits per heavy atom. The highest BCUT2D eigenvalue weighted by atomic mass is 32.2. The van der Waals surface area contributed by atoms with Gasteiger partial charge in [0.05, 0.1) is 11.4 Å². The maximum atomic E-state index is 11.8. The van der Waals surface area contributed by atoms with Crippen LogP contribution < -0.4 is 5.32 Å². The van der Waals surface area contributed by atoms with Crippen LogP contribution in [-0.2, 0) is 18.3 Å². The number of aryl methyl sites for hydroxylation is 1. The van der Waals surface area contributed by atoms with E-state index in [1.54, 1.807) is 10.9 Å². The number of imidazole rings is 1. The van der Waals surface area contributed by atoms with E-state index in [0.29, 0.717) is 18.7 Å². The number of nitrogens with zero attached hydrogens (tertiary/aromatic N) is 5. The standard InChI is InChI=1S/C14H16N6OS/c1-19-10-16-18-14(19)22-9-13(21)15-6-5-11-8-20-7-3-2-4-12(20)17-11/h2-4,7-8,10H,5-6,9H2,1H3,(H,15,21). The van der Waals surface area contributed by atoms with E-state index in [1.807, 2.05) is 42.0 Å². The summed E-state index contributed by atoms with van der Waals surface area (Å²) in [5.74, 6) is 0.314. The first kappa shape index (κ1) is 14.6. The molecule has 0 aliphatic rings. The molecular weight excluding hydrogens is 300 g/mol. The van der Waals surface area contributed by atoms with Gasteiger partial charge in [0, 0.05) is 32.4 Å². The molecule has 0 radical (unpaired) electrons. The number of fused-ring (bicyclic) bond motifs is 1. The highest BCUT2D eigenvalue weighted by Crippen LogP contribution is 2.12. The monoisotopic (exact) mass is 316 g/mol. The Morgan fingerprint density at radius 2 is 2.32 bits per heavy atom. The molecule has 3 aromatic rings. The summed E-state index contributed by atoms with van der Waals surface area (Å²) < 4.78 is 3.76. The smallest absolute Gasteiger partial charge is 0.230 e. The first-order valence-electron chi connectivity index (χ1n) is 6.88. The van der Waals surface area contributed by atoms with Crippen molar-refractivity contribution in [2.75, 3.05) is 12.3 Å². The molecule has 114 valence electrons. The van der Waals surface area contributed by atoms with Crippen LogP contribution in [0.25, 0.3) is 5.65 Å². The second-order valence-corrected chi connectivity index (χ2v) is 5.75. The van der Waals surface area contributed by atoms with Gasteiger partial charge >= 0.3 is 0 Å². The molecule has 0 saturated carbocycles. The zero-order chi connectivity index (χ0) is 15.4. The summed E-state index contributed by atoms with van der Waals surface area (Å²) in [6.45, 7) is 0.572. The Labute approximate surface area is 131 Å². The van der Waals surface area contributed by atoms with Crippen molar-refractivity contribution in [3.63, 3.8) is 0 Å². The number of carbonyl (C=O) groups is 1. The Bertz CT molecular complexity index is 747. The van der Waals surface area contributed by atoms with E-state index in [1.165, 1.54) is 11.8 Å². The lowest BCUT2D eigenvalue weighted by molar-refractivity contribution is -0.118. The van der Waals surface area contributed by atoms with E-state index >= 15 is 0 Å². The fourth-order valence-electron chi connectivity index (χ4n) is 2.02. The van der Waals surface area contributed by atoms with Crippen LogP contribution >= 0.6 is 11.8 Å². The predicted octanol–water partition coefficient (Wildman–Crippen LogP) is 0.914. The molecular formula is C14H16N6OS. The summed E-state index contributed by atoms with van der Waals surface area (Å²) in [6, 6.07) is 5.88. The maximum absolute atomic E-state index is 11.8. The third-order valence-corrected chi connectivity index (χ3v) is 4.15. The lowest BCUT2D eigenvalue weighted by Crippen LogP contribution is -2.27. The Morgan fingerprint density at radius 3 is 3.09 bits per heavy atom. The van der Waals surface area contributed by atoms with Gasteiger partial charge in [0.15, 0.2) is 5.16 Å². The largest absolute Gasteiger partial charge is 0.355 e. The van der Waals surface area contributed by atoms with Gasteiger partial charge in [0.25, 0.3) is 0 Å². The molecule has 8 heteroatoms. The van der Waals surface area contributed by atoms with Crippen LogP contribution in [0.1, 0.15) is 5.69 Å². The molecule has 1 amide bonds. The van der Waals surface area contributed by atoms with E-state index < -0.39 is 0 Å². The topological polar surface area (TPSA) is 77.1 Å². The van der Waals surface area contributed by atoms with Gasteiger partial charge in [-0.25, -0.2) is 4.98 Å². The third-order valence-electron chi connectivity index (χ3n) is 3.12. The summed E-state index contributed by atoms with van der Waals surface area (Å²) in [7, 11) is 1.85. The molecule has 3 rings (SSSR count). The molecule has 0 fully saturated rings. The number of rotatable bonds is 6. The number of hydrogen-bond donors (Lipinski definition) is 1. The number of amides is 1. The number of carbonyl (C=O) groups excluding carboxylic acids is 1. The minimum absolute atomic E-state index is 0.0169. The number of pyridine rings is 1. The molecule has 3 heterocycles. The van der Waals surface area contributed by atoms with Crippen molar-refractivity contribution >= 4 is 23.3 Å². The number of aromatic nitrogens is 5. The summed E-state index contributed by atoms with van der Waals surface area (Å²) in [4.78, 5) is 16.3. The normalized spacial score (nSPS) is 11.0.